The van der Waals surface area contributed by atoms with Crippen LogP contribution >= 0.6 is 0 Å². The number of pyridine rings is 1. The van der Waals surface area contributed by atoms with Gasteiger partial charge in [0.05, 0.1) is 18.1 Å². The van der Waals surface area contributed by atoms with Gasteiger partial charge >= 0.3 is 5.69 Å². The number of ether oxygens (including phenoxy) is 1. The summed E-state index contributed by atoms with van der Waals surface area (Å²) in [6.07, 6.45) is 1.64. The average Bonchev–Trinajstić information content (AvgIpc) is 2.52. The van der Waals surface area contributed by atoms with E-state index in [1.807, 2.05) is 0 Å². The fourth-order valence-electron chi connectivity index (χ4n) is 2.16. The Morgan fingerprint density at radius 2 is 2.13 bits per heavy atom. The summed E-state index contributed by atoms with van der Waals surface area (Å²) in [5, 5.41) is 19.0. The van der Waals surface area contributed by atoms with Gasteiger partial charge in [-0.1, -0.05) is 6.07 Å². The molecule has 2 aromatic rings. The second kappa shape index (κ2) is 6.87. The van der Waals surface area contributed by atoms with Crippen molar-refractivity contribution in [2.24, 2.45) is 0 Å². The third-order valence-electron chi connectivity index (χ3n) is 3.36. The van der Waals surface area contributed by atoms with Gasteiger partial charge in [-0.3, -0.25) is 20.3 Å². The van der Waals surface area contributed by atoms with Crippen LogP contribution < -0.4 is 10.2 Å². The Balaban J connectivity index is 2.32. The molecule has 7 heteroatoms. The standard InChI is InChI=1S/C16H17N3O4/c1-3-23-15-7-6-12(9-13(15)19(21)22)14(20)10-18-8-4-5-11(2)16(18)17/h4-9,17H,3,10H2,1-2H3. The molecule has 0 atom stereocenters. The number of nitro groups is 1. The first-order chi connectivity index (χ1) is 10.9. The van der Waals surface area contributed by atoms with E-state index < -0.39 is 4.92 Å². The van der Waals surface area contributed by atoms with Crippen molar-refractivity contribution in [1.82, 2.24) is 4.57 Å². The number of benzene rings is 1. The van der Waals surface area contributed by atoms with Crippen LogP contribution in [0.5, 0.6) is 5.75 Å². The van der Waals surface area contributed by atoms with Crippen molar-refractivity contribution in [1.29, 1.82) is 5.41 Å². The molecule has 1 aromatic carbocycles. The fourth-order valence-corrected chi connectivity index (χ4v) is 2.16. The normalized spacial score (nSPS) is 10.3. The van der Waals surface area contributed by atoms with E-state index in [2.05, 4.69) is 0 Å². The molecule has 1 heterocycles. The van der Waals surface area contributed by atoms with E-state index in [0.717, 1.165) is 5.56 Å². The van der Waals surface area contributed by atoms with Crippen molar-refractivity contribution < 1.29 is 14.5 Å². The molecule has 0 fully saturated rings. The van der Waals surface area contributed by atoms with Crippen molar-refractivity contribution in [2.75, 3.05) is 6.61 Å². The van der Waals surface area contributed by atoms with Crippen LogP contribution in [0.3, 0.4) is 0 Å². The fraction of sp³-hybridized carbons (Fsp3) is 0.250. The molecule has 0 amide bonds. The van der Waals surface area contributed by atoms with Gasteiger partial charge in [0, 0.05) is 17.8 Å². The molecular formula is C16H17N3O4. The molecule has 0 saturated carbocycles. The number of aryl methyl sites for hydroxylation is 1. The molecule has 0 bridgehead atoms. The molecule has 1 N–H and O–H groups in total. The first kappa shape index (κ1) is 16.4. The molecule has 0 aliphatic heterocycles. The van der Waals surface area contributed by atoms with Gasteiger partial charge in [0.25, 0.3) is 0 Å². The highest BCUT2D eigenvalue weighted by molar-refractivity contribution is 5.96. The van der Waals surface area contributed by atoms with E-state index >= 15 is 0 Å². The Kier molecular flexibility index (Phi) is 4.90. The van der Waals surface area contributed by atoms with Crippen molar-refractivity contribution in [3.05, 3.63) is 63.3 Å². The first-order valence-electron chi connectivity index (χ1n) is 7.09. The summed E-state index contributed by atoms with van der Waals surface area (Å²) in [6.45, 7) is 3.76. The number of Topliss-reactive ketones (excluding diaryl/α,β-unsaturated/α-hetero) is 1. The van der Waals surface area contributed by atoms with Crippen LogP contribution in [0.4, 0.5) is 5.69 Å². The molecule has 120 valence electrons. The van der Waals surface area contributed by atoms with Gasteiger partial charge in [-0.25, -0.2) is 0 Å². The van der Waals surface area contributed by atoms with Crippen molar-refractivity contribution in [3.63, 3.8) is 0 Å². The molecule has 7 nitrogen and oxygen atoms in total. The van der Waals surface area contributed by atoms with Gasteiger partial charge in [0.2, 0.25) is 0 Å². The van der Waals surface area contributed by atoms with Crippen LogP contribution in [-0.2, 0) is 6.54 Å². The number of aromatic nitrogens is 1. The number of hydrogen-bond acceptors (Lipinski definition) is 5. The van der Waals surface area contributed by atoms with Crippen molar-refractivity contribution in [3.8, 4) is 5.75 Å². The second-order valence-electron chi connectivity index (χ2n) is 4.96. The summed E-state index contributed by atoms with van der Waals surface area (Å²) >= 11 is 0. The summed E-state index contributed by atoms with van der Waals surface area (Å²) in [7, 11) is 0. The number of hydrogen-bond donors (Lipinski definition) is 1. The van der Waals surface area contributed by atoms with E-state index in [1.54, 1.807) is 32.2 Å². The molecule has 0 aliphatic rings. The van der Waals surface area contributed by atoms with Gasteiger partial charge in [-0.2, -0.15) is 0 Å². The van der Waals surface area contributed by atoms with Crippen LogP contribution in [0.25, 0.3) is 0 Å². The quantitative estimate of drug-likeness (QED) is 0.503. The maximum atomic E-state index is 12.4. The highest BCUT2D eigenvalue weighted by atomic mass is 16.6. The summed E-state index contributed by atoms with van der Waals surface area (Å²) in [4.78, 5) is 22.9. The lowest BCUT2D eigenvalue weighted by atomic mass is 10.1. The van der Waals surface area contributed by atoms with E-state index in [-0.39, 0.29) is 34.8 Å². The van der Waals surface area contributed by atoms with Crippen LogP contribution in [0.2, 0.25) is 0 Å². The molecule has 1 aromatic heterocycles. The lowest BCUT2D eigenvalue weighted by Crippen LogP contribution is -2.25. The van der Waals surface area contributed by atoms with Crippen LogP contribution in [0.15, 0.2) is 36.5 Å². The van der Waals surface area contributed by atoms with Gasteiger partial charge in [-0.15, -0.1) is 0 Å². The molecule has 23 heavy (non-hydrogen) atoms. The first-order valence-corrected chi connectivity index (χ1v) is 7.09. The monoisotopic (exact) mass is 315 g/mol. The van der Waals surface area contributed by atoms with E-state index in [0.29, 0.717) is 6.61 Å². The van der Waals surface area contributed by atoms with Gasteiger partial charge in [-0.05, 0) is 37.6 Å². The van der Waals surface area contributed by atoms with Crippen LogP contribution in [-0.4, -0.2) is 21.9 Å². The molecular weight excluding hydrogens is 298 g/mol. The van der Waals surface area contributed by atoms with E-state index in [4.69, 9.17) is 10.1 Å². The number of nitrogens with zero attached hydrogens (tertiary/aromatic N) is 2. The maximum absolute atomic E-state index is 12.4. The Labute approximate surface area is 132 Å². The summed E-state index contributed by atoms with van der Waals surface area (Å²) in [5.74, 6) is -0.168. The zero-order valence-electron chi connectivity index (χ0n) is 12.9. The highest BCUT2D eigenvalue weighted by Crippen LogP contribution is 2.28. The smallest absolute Gasteiger partial charge is 0.311 e. The lowest BCUT2D eigenvalue weighted by Gasteiger charge is -2.09. The minimum atomic E-state index is -0.572. The topological polar surface area (TPSA) is 98.2 Å². The summed E-state index contributed by atoms with van der Waals surface area (Å²) in [5.41, 5.74) is 0.964. The number of carbonyl (C=O) groups excluding carboxylic acids is 1. The minimum absolute atomic E-state index is 0.0500. The Morgan fingerprint density at radius 3 is 2.78 bits per heavy atom. The summed E-state index contributed by atoms with van der Waals surface area (Å²) in [6, 6.07) is 7.68. The predicted octanol–water partition coefficient (Wildman–Crippen LogP) is 2.47. The average molecular weight is 315 g/mol. The number of nitro benzene ring substituents is 1. The highest BCUT2D eigenvalue weighted by Gasteiger charge is 2.18. The second-order valence-corrected chi connectivity index (χ2v) is 4.96. The third-order valence-corrected chi connectivity index (χ3v) is 3.36. The molecule has 0 radical (unpaired) electrons. The maximum Gasteiger partial charge on any atom is 0.311 e. The molecule has 0 aliphatic carbocycles. The SMILES string of the molecule is CCOc1ccc(C(=O)Cn2cccc(C)c2=N)cc1[N+](=O)[O-]. The van der Waals surface area contributed by atoms with Gasteiger partial charge in [0.15, 0.2) is 11.5 Å². The number of rotatable bonds is 6. The largest absolute Gasteiger partial charge is 0.487 e. The number of nitrogens with one attached hydrogen (secondary N) is 1. The third kappa shape index (κ3) is 3.63. The predicted molar refractivity (Wildman–Crippen MR) is 83.6 cm³/mol. The Bertz CT molecular complexity index is 811. The Hall–Kier alpha value is -2.96. The Morgan fingerprint density at radius 1 is 1.39 bits per heavy atom. The number of ketones is 1. The lowest BCUT2D eigenvalue weighted by molar-refractivity contribution is -0.385. The molecule has 2 rings (SSSR count). The zero-order valence-corrected chi connectivity index (χ0v) is 12.9. The molecule has 0 unspecified atom stereocenters. The van der Waals surface area contributed by atoms with E-state index in [1.165, 1.54) is 22.8 Å². The van der Waals surface area contributed by atoms with Crippen molar-refractivity contribution in [2.45, 2.75) is 20.4 Å². The number of carbonyl (C=O) groups is 1. The van der Waals surface area contributed by atoms with Crippen LogP contribution in [0.1, 0.15) is 22.8 Å². The van der Waals surface area contributed by atoms with Gasteiger partial charge in [0.1, 0.15) is 5.49 Å². The minimum Gasteiger partial charge on any atom is -0.487 e. The van der Waals surface area contributed by atoms with Gasteiger partial charge < -0.3 is 9.30 Å². The van der Waals surface area contributed by atoms with E-state index in [9.17, 15) is 14.9 Å². The summed E-state index contributed by atoms with van der Waals surface area (Å²) < 4.78 is 6.70. The van der Waals surface area contributed by atoms with Crippen LogP contribution in [0, 0.1) is 22.4 Å². The molecule has 0 saturated heterocycles. The zero-order chi connectivity index (χ0) is 17.0. The van der Waals surface area contributed by atoms with Crippen molar-refractivity contribution >= 4 is 11.5 Å². The molecule has 0 spiro atoms.